The Hall–Kier alpha value is -2.80. The van der Waals surface area contributed by atoms with E-state index >= 15 is 0 Å². The van der Waals surface area contributed by atoms with Crippen molar-refractivity contribution in [3.63, 3.8) is 0 Å². The number of carbonyl (C=O) groups is 1. The van der Waals surface area contributed by atoms with Crippen molar-refractivity contribution in [2.45, 2.75) is 45.8 Å². The summed E-state index contributed by atoms with van der Waals surface area (Å²) in [5.74, 6) is -0.0614. The van der Waals surface area contributed by atoms with Crippen LogP contribution in [0.1, 0.15) is 34.1 Å². The molecular formula is C21H24O7. The van der Waals surface area contributed by atoms with Crippen molar-refractivity contribution in [3.05, 3.63) is 40.9 Å². The Balaban J connectivity index is 1.93. The topological polar surface area (TPSA) is 99.1 Å². The summed E-state index contributed by atoms with van der Waals surface area (Å²) < 4.78 is 22.1. The Kier molecular flexibility index (Phi) is 5.47. The third kappa shape index (κ3) is 4.36. The summed E-state index contributed by atoms with van der Waals surface area (Å²) in [5, 5.41) is 11.9. The molecule has 0 fully saturated rings. The Morgan fingerprint density at radius 1 is 1.18 bits per heavy atom. The molecule has 1 atom stereocenters. The van der Waals surface area contributed by atoms with Gasteiger partial charge in [-0.15, -0.1) is 0 Å². The number of esters is 1. The summed E-state index contributed by atoms with van der Waals surface area (Å²) in [5.41, 5.74) is -1.21. The van der Waals surface area contributed by atoms with E-state index in [4.69, 9.17) is 18.3 Å². The van der Waals surface area contributed by atoms with E-state index in [2.05, 4.69) is 0 Å². The molecule has 3 rings (SSSR count). The number of hydrogen-bond acceptors (Lipinski definition) is 7. The number of carbonyl (C=O) groups excluding carboxylic acids is 1. The van der Waals surface area contributed by atoms with E-state index in [1.54, 1.807) is 12.1 Å². The lowest BCUT2D eigenvalue weighted by atomic mass is 10.0. The number of furan rings is 1. The first kappa shape index (κ1) is 19.9. The van der Waals surface area contributed by atoms with Gasteiger partial charge >= 0.3 is 11.6 Å². The Labute approximate surface area is 161 Å². The molecule has 2 aromatic heterocycles. The Bertz CT molecular complexity index is 1040. The molecule has 0 aliphatic heterocycles. The molecule has 2 heterocycles. The third-order valence-electron chi connectivity index (χ3n) is 4.30. The molecule has 0 saturated carbocycles. The molecule has 7 heteroatoms. The van der Waals surface area contributed by atoms with Gasteiger partial charge in [0.25, 0.3) is 0 Å². The first-order valence-electron chi connectivity index (χ1n) is 9.14. The normalized spacial score (nSPS) is 13.2. The van der Waals surface area contributed by atoms with Crippen LogP contribution >= 0.6 is 0 Å². The van der Waals surface area contributed by atoms with Gasteiger partial charge in [0, 0.05) is 23.3 Å². The van der Waals surface area contributed by atoms with Crippen molar-refractivity contribution in [2.75, 3.05) is 6.61 Å². The van der Waals surface area contributed by atoms with E-state index < -0.39 is 23.3 Å². The van der Waals surface area contributed by atoms with Crippen LogP contribution in [0.15, 0.2) is 44.2 Å². The lowest BCUT2D eigenvalue weighted by Crippen LogP contribution is -2.44. The van der Waals surface area contributed by atoms with Crippen LogP contribution in [-0.2, 0) is 9.53 Å². The van der Waals surface area contributed by atoms with Gasteiger partial charge in [-0.05, 0) is 38.0 Å². The highest BCUT2D eigenvalue weighted by atomic mass is 16.6. The van der Waals surface area contributed by atoms with E-state index in [0.717, 1.165) is 5.39 Å². The van der Waals surface area contributed by atoms with Crippen LogP contribution in [0, 0.1) is 5.92 Å². The number of benzene rings is 1. The summed E-state index contributed by atoms with van der Waals surface area (Å²) in [6.07, 6.45) is 0.817. The van der Waals surface area contributed by atoms with Crippen molar-refractivity contribution in [1.82, 2.24) is 0 Å². The van der Waals surface area contributed by atoms with Gasteiger partial charge in [-0.1, -0.05) is 13.8 Å². The highest BCUT2D eigenvalue weighted by Crippen LogP contribution is 2.35. The predicted molar refractivity (Wildman–Crippen MR) is 103 cm³/mol. The molecule has 0 saturated heterocycles. The van der Waals surface area contributed by atoms with E-state index in [9.17, 15) is 14.7 Å². The second-order valence-corrected chi connectivity index (χ2v) is 7.76. The number of aliphatic hydroxyl groups is 1. The van der Waals surface area contributed by atoms with Crippen molar-refractivity contribution in [1.29, 1.82) is 0 Å². The molecule has 0 amide bonds. The Morgan fingerprint density at radius 3 is 2.57 bits per heavy atom. The lowest BCUT2D eigenvalue weighted by molar-refractivity contribution is -0.166. The van der Waals surface area contributed by atoms with Crippen molar-refractivity contribution in [2.24, 2.45) is 5.92 Å². The number of hydrogen-bond donors (Lipinski definition) is 1. The zero-order valence-electron chi connectivity index (χ0n) is 16.4. The Morgan fingerprint density at radius 2 is 1.89 bits per heavy atom. The molecular weight excluding hydrogens is 364 g/mol. The van der Waals surface area contributed by atoms with Crippen LogP contribution in [0.25, 0.3) is 21.9 Å². The standard InChI is InChI=1S/C21H24O7/c1-12(2)9-17(23)27-15(21(3,4)24)11-26-20-18-14(7-8-25-18)10-13-5-6-16(22)28-19(13)20/h5-8,10,12,15,24H,9,11H2,1-4H3/t15-/m0/s1. The van der Waals surface area contributed by atoms with Crippen LogP contribution in [0.4, 0.5) is 0 Å². The third-order valence-corrected chi connectivity index (χ3v) is 4.30. The quantitative estimate of drug-likeness (QED) is 0.487. The summed E-state index contributed by atoms with van der Waals surface area (Å²) in [7, 11) is 0. The maximum absolute atomic E-state index is 12.1. The highest BCUT2D eigenvalue weighted by molar-refractivity contribution is 5.99. The molecule has 150 valence electrons. The fourth-order valence-electron chi connectivity index (χ4n) is 2.82. The molecule has 0 unspecified atom stereocenters. The van der Waals surface area contributed by atoms with Crippen LogP contribution in [0.2, 0.25) is 0 Å². The van der Waals surface area contributed by atoms with Crippen LogP contribution in [0.5, 0.6) is 5.75 Å². The van der Waals surface area contributed by atoms with E-state index in [-0.39, 0.29) is 30.3 Å². The largest absolute Gasteiger partial charge is 0.482 e. The summed E-state index contributed by atoms with van der Waals surface area (Å²) in [4.78, 5) is 23.8. The fourth-order valence-corrected chi connectivity index (χ4v) is 2.82. The minimum Gasteiger partial charge on any atom is -0.482 e. The maximum Gasteiger partial charge on any atom is 0.336 e. The highest BCUT2D eigenvalue weighted by Gasteiger charge is 2.32. The minimum absolute atomic E-state index is 0.131. The van der Waals surface area contributed by atoms with Gasteiger partial charge in [0.05, 0.1) is 11.9 Å². The zero-order valence-corrected chi connectivity index (χ0v) is 16.4. The van der Waals surface area contributed by atoms with Crippen LogP contribution < -0.4 is 10.4 Å². The molecule has 3 aromatic rings. The van der Waals surface area contributed by atoms with Crippen molar-refractivity contribution in [3.8, 4) is 5.75 Å². The lowest BCUT2D eigenvalue weighted by Gasteiger charge is -2.29. The molecule has 0 aliphatic carbocycles. The van der Waals surface area contributed by atoms with Crippen molar-refractivity contribution >= 4 is 27.9 Å². The van der Waals surface area contributed by atoms with Gasteiger partial charge in [-0.2, -0.15) is 0 Å². The van der Waals surface area contributed by atoms with Gasteiger partial charge in [-0.25, -0.2) is 4.79 Å². The molecule has 0 spiro atoms. The number of fused-ring (bicyclic) bond motifs is 2. The van der Waals surface area contributed by atoms with Crippen molar-refractivity contribution < 1.29 is 28.2 Å². The summed E-state index contributed by atoms with van der Waals surface area (Å²) in [6, 6.07) is 6.55. The summed E-state index contributed by atoms with van der Waals surface area (Å²) in [6.45, 7) is 6.75. The SMILES string of the molecule is CC(C)CC(=O)O[C@@H](COc1c2occc2cc2ccc(=O)oc12)C(C)(C)O. The fraction of sp³-hybridized carbons (Fsp3) is 0.429. The molecule has 1 N–H and O–H groups in total. The van der Waals surface area contributed by atoms with E-state index in [1.807, 2.05) is 19.9 Å². The molecule has 0 bridgehead atoms. The van der Waals surface area contributed by atoms with Gasteiger partial charge in [0.1, 0.15) is 6.61 Å². The molecule has 7 nitrogen and oxygen atoms in total. The predicted octanol–water partition coefficient (Wildman–Crippen LogP) is 3.65. The molecule has 28 heavy (non-hydrogen) atoms. The molecule has 0 aliphatic rings. The second-order valence-electron chi connectivity index (χ2n) is 7.76. The van der Waals surface area contributed by atoms with E-state index in [1.165, 1.54) is 26.2 Å². The van der Waals surface area contributed by atoms with Gasteiger partial charge in [0.2, 0.25) is 5.75 Å². The van der Waals surface area contributed by atoms with Gasteiger partial charge in [-0.3, -0.25) is 4.79 Å². The van der Waals surface area contributed by atoms with E-state index in [0.29, 0.717) is 11.0 Å². The number of rotatable bonds is 7. The average molecular weight is 388 g/mol. The first-order valence-corrected chi connectivity index (χ1v) is 9.14. The number of ether oxygens (including phenoxy) is 2. The van der Waals surface area contributed by atoms with Gasteiger partial charge < -0.3 is 23.4 Å². The minimum atomic E-state index is -1.33. The second kappa shape index (κ2) is 7.67. The first-order chi connectivity index (χ1) is 13.1. The van der Waals surface area contributed by atoms with Crippen LogP contribution in [0.3, 0.4) is 0 Å². The monoisotopic (exact) mass is 388 g/mol. The average Bonchev–Trinajstić information content (AvgIpc) is 3.04. The maximum atomic E-state index is 12.1. The van der Waals surface area contributed by atoms with Gasteiger partial charge in [0.15, 0.2) is 17.3 Å². The zero-order chi connectivity index (χ0) is 20.5. The molecule has 0 radical (unpaired) electrons. The smallest absolute Gasteiger partial charge is 0.336 e. The van der Waals surface area contributed by atoms with Crippen LogP contribution in [-0.4, -0.2) is 29.4 Å². The summed E-state index contributed by atoms with van der Waals surface area (Å²) >= 11 is 0. The molecule has 1 aromatic carbocycles.